The first-order valence-corrected chi connectivity index (χ1v) is 11.0. The Kier molecular flexibility index (Phi) is 6.09. The summed E-state index contributed by atoms with van der Waals surface area (Å²) in [5.41, 5.74) is 3.91. The fraction of sp³-hybridized carbons (Fsp3) is 0.111. The zero-order valence-corrected chi connectivity index (χ0v) is 18.4. The number of nitrogens with zero attached hydrogens (tertiary/aromatic N) is 4. The van der Waals surface area contributed by atoms with Crippen molar-refractivity contribution in [2.24, 2.45) is 0 Å². The first-order valence-electron chi connectivity index (χ1n) is 11.0. The molecule has 5 rings (SSSR count). The smallest absolute Gasteiger partial charge is 0.252 e. The molecule has 2 N–H and O–H groups in total. The first kappa shape index (κ1) is 21.5. The average molecular weight is 450 g/mol. The minimum Gasteiger partial charge on any atom is -0.394 e. The molecular formula is C27H23N5O2. The zero-order chi connectivity index (χ0) is 23.3. The summed E-state index contributed by atoms with van der Waals surface area (Å²) < 4.78 is 1.72. The molecule has 2 aromatic heterocycles. The van der Waals surface area contributed by atoms with Crippen LogP contribution in [0, 0.1) is 0 Å². The Bertz CT molecular complexity index is 1430. The molecule has 0 aliphatic heterocycles. The number of carbonyl (C=O) groups is 1. The first-order chi connectivity index (χ1) is 16.7. The van der Waals surface area contributed by atoms with Crippen LogP contribution < -0.4 is 5.32 Å². The lowest BCUT2D eigenvalue weighted by atomic mass is 10.0. The average Bonchev–Trinajstić information content (AvgIpc) is 3.36. The molecule has 0 bridgehead atoms. The van der Waals surface area contributed by atoms with Crippen LogP contribution in [-0.4, -0.2) is 37.6 Å². The van der Waals surface area contributed by atoms with Crippen molar-refractivity contribution >= 4 is 16.7 Å². The maximum atomic E-state index is 13.1. The molecule has 0 radical (unpaired) electrons. The van der Waals surface area contributed by atoms with Crippen LogP contribution in [0.25, 0.3) is 22.0 Å². The number of rotatable bonds is 7. The van der Waals surface area contributed by atoms with Gasteiger partial charge < -0.3 is 10.4 Å². The molecule has 1 amide bonds. The van der Waals surface area contributed by atoms with Crippen molar-refractivity contribution in [3.63, 3.8) is 0 Å². The molecule has 3 aromatic carbocycles. The molecule has 0 saturated heterocycles. The minimum absolute atomic E-state index is 0.188. The Balaban J connectivity index is 1.36. The molecule has 7 nitrogen and oxygen atoms in total. The summed E-state index contributed by atoms with van der Waals surface area (Å²) in [4.78, 5) is 17.2. The fourth-order valence-corrected chi connectivity index (χ4v) is 3.96. The quantitative estimate of drug-likeness (QED) is 0.392. The summed E-state index contributed by atoms with van der Waals surface area (Å²) in [5, 5.41) is 23.5. The third kappa shape index (κ3) is 4.55. The van der Waals surface area contributed by atoms with Gasteiger partial charge in [-0.3, -0.25) is 9.78 Å². The van der Waals surface area contributed by atoms with E-state index in [2.05, 4.69) is 26.7 Å². The number of amides is 1. The number of hydrogen-bond donors (Lipinski definition) is 2. The van der Waals surface area contributed by atoms with E-state index < -0.39 is 6.04 Å². The molecule has 0 spiro atoms. The minimum atomic E-state index is -0.483. The number of carbonyl (C=O) groups excluding carboxylic acids is 1. The second-order valence-electron chi connectivity index (χ2n) is 8.02. The van der Waals surface area contributed by atoms with E-state index in [1.807, 2.05) is 79.1 Å². The highest BCUT2D eigenvalue weighted by atomic mass is 16.3. The van der Waals surface area contributed by atoms with Gasteiger partial charge in [-0.2, -0.15) is 0 Å². The third-order valence-corrected chi connectivity index (χ3v) is 5.76. The lowest BCUT2D eigenvalue weighted by molar-refractivity contribution is 0.0915. The molecule has 0 saturated carbocycles. The molecule has 168 valence electrons. The van der Waals surface area contributed by atoms with E-state index in [-0.39, 0.29) is 12.5 Å². The van der Waals surface area contributed by atoms with Gasteiger partial charge in [-0.1, -0.05) is 65.9 Å². The Hall–Kier alpha value is -4.36. The fourth-order valence-electron chi connectivity index (χ4n) is 3.96. The number of hydrogen-bond acceptors (Lipinski definition) is 5. The van der Waals surface area contributed by atoms with Gasteiger partial charge in [0.25, 0.3) is 5.91 Å². The summed E-state index contributed by atoms with van der Waals surface area (Å²) in [5.74, 6) is -0.248. The van der Waals surface area contributed by atoms with E-state index in [0.717, 1.165) is 33.2 Å². The number of aliphatic hydroxyl groups excluding tert-OH is 1. The number of nitrogens with one attached hydrogen (secondary N) is 1. The molecule has 1 unspecified atom stereocenters. The normalized spacial score (nSPS) is 11.9. The molecule has 7 heteroatoms. The van der Waals surface area contributed by atoms with Crippen LogP contribution in [0.5, 0.6) is 0 Å². The number of aliphatic hydroxyl groups is 1. The van der Waals surface area contributed by atoms with Crippen LogP contribution in [0.15, 0.2) is 97.5 Å². The summed E-state index contributed by atoms with van der Waals surface area (Å²) >= 11 is 0. The van der Waals surface area contributed by atoms with Gasteiger partial charge in [-0.15, -0.1) is 5.10 Å². The number of benzene rings is 3. The van der Waals surface area contributed by atoms with Crippen molar-refractivity contribution in [2.75, 3.05) is 6.61 Å². The molecule has 1 atom stereocenters. The van der Waals surface area contributed by atoms with E-state index in [4.69, 9.17) is 0 Å². The van der Waals surface area contributed by atoms with Crippen molar-refractivity contribution in [3.8, 4) is 11.3 Å². The largest absolute Gasteiger partial charge is 0.394 e. The van der Waals surface area contributed by atoms with Crippen LogP contribution >= 0.6 is 0 Å². The van der Waals surface area contributed by atoms with Crippen LogP contribution in [0.4, 0.5) is 0 Å². The Morgan fingerprint density at radius 3 is 2.65 bits per heavy atom. The van der Waals surface area contributed by atoms with E-state index in [1.54, 1.807) is 16.9 Å². The highest BCUT2D eigenvalue weighted by molar-refractivity contribution is 5.96. The third-order valence-electron chi connectivity index (χ3n) is 5.76. The summed E-state index contributed by atoms with van der Waals surface area (Å²) in [6, 6.07) is 24.4. The molecule has 0 aliphatic rings. The molecule has 0 fully saturated rings. The predicted molar refractivity (Wildman–Crippen MR) is 130 cm³/mol. The van der Waals surface area contributed by atoms with Gasteiger partial charge in [0.15, 0.2) is 0 Å². The van der Waals surface area contributed by atoms with Crippen LogP contribution in [0.2, 0.25) is 0 Å². The summed E-state index contributed by atoms with van der Waals surface area (Å²) in [7, 11) is 0. The molecule has 2 heterocycles. The van der Waals surface area contributed by atoms with Crippen LogP contribution in [0.3, 0.4) is 0 Å². The second kappa shape index (κ2) is 9.64. The molecule has 34 heavy (non-hydrogen) atoms. The van der Waals surface area contributed by atoms with Crippen molar-refractivity contribution in [2.45, 2.75) is 12.6 Å². The number of fused-ring (bicyclic) bond motifs is 1. The van der Waals surface area contributed by atoms with Gasteiger partial charge in [-0.25, -0.2) is 4.68 Å². The van der Waals surface area contributed by atoms with E-state index in [1.165, 1.54) is 0 Å². The van der Waals surface area contributed by atoms with Crippen LogP contribution in [-0.2, 0) is 6.54 Å². The van der Waals surface area contributed by atoms with Crippen molar-refractivity contribution in [3.05, 3.63) is 114 Å². The summed E-state index contributed by atoms with van der Waals surface area (Å²) in [6.07, 6.45) is 5.47. The SMILES string of the molecule is O=C(NC(CO)c1ccccc1)c1ccccc1Cn1cc(-c2ccc3cnccc3c2)nn1. The monoisotopic (exact) mass is 449 g/mol. The van der Waals surface area contributed by atoms with Crippen LogP contribution in [0.1, 0.15) is 27.5 Å². The molecule has 5 aromatic rings. The lowest BCUT2D eigenvalue weighted by Crippen LogP contribution is -2.31. The Morgan fingerprint density at radius 1 is 0.971 bits per heavy atom. The van der Waals surface area contributed by atoms with Crippen molar-refractivity contribution < 1.29 is 9.90 Å². The van der Waals surface area contributed by atoms with Gasteiger partial charge in [0.2, 0.25) is 0 Å². The summed E-state index contributed by atoms with van der Waals surface area (Å²) in [6.45, 7) is 0.204. The maximum Gasteiger partial charge on any atom is 0.252 e. The predicted octanol–water partition coefficient (Wildman–Crippen LogP) is 4.01. The van der Waals surface area contributed by atoms with Crippen molar-refractivity contribution in [1.29, 1.82) is 0 Å². The van der Waals surface area contributed by atoms with Gasteiger partial charge in [0.05, 0.1) is 25.4 Å². The molecular weight excluding hydrogens is 426 g/mol. The topological polar surface area (TPSA) is 92.9 Å². The number of pyridine rings is 1. The maximum absolute atomic E-state index is 13.1. The Labute approximate surface area is 196 Å². The highest BCUT2D eigenvalue weighted by Crippen LogP contribution is 2.23. The number of aromatic nitrogens is 4. The van der Waals surface area contributed by atoms with Gasteiger partial charge >= 0.3 is 0 Å². The van der Waals surface area contributed by atoms with E-state index in [0.29, 0.717) is 12.1 Å². The van der Waals surface area contributed by atoms with Gasteiger partial charge in [0, 0.05) is 28.9 Å². The van der Waals surface area contributed by atoms with Crippen molar-refractivity contribution in [1.82, 2.24) is 25.3 Å². The lowest BCUT2D eigenvalue weighted by Gasteiger charge is -2.18. The van der Waals surface area contributed by atoms with E-state index >= 15 is 0 Å². The zero-order valence-electron chi connectivity index (χ0n) is 18.4. The Morgan fingerprint density at radius 2 is 1.79 bits per heavy atom. The molecule has 0 aliphatic carbocycles. The highest BCUT2D eigenvalue weighted by Gasteiger charge is 2.17. The second-order valence-corrected chi connectivity index (χ2v) is 8.02. The van der Waals surface area contributed by atoms with Gasteiger partial charge in [0.1, 0.15) is 5.69 Å². The van der Waals surface area contributed by atoms with E-state index in [9.17, 15) is 9.90 Å². The standard InChI is InChI=1S/C27H23N5O2/c33-18-26(19-6-2-1-3-7-19)29-27(34)24-9-5-4-8-23(24)16-32-17-25(30-31-32)21-10-11-22-15-28-13-12-20(22)14-21/h1-15,17,26,33H,16,18H2,(H,29,34). The van der Waals surface area contributed by atoms with Gasteiger partial charge in [-0.05, 0) is 34.7 Å².